The first-order valence-corrected chi connectivity index (χ1v) is 7.17. The molecule has 0 fully saturated rings. The van der Waals surface area contributed by atoms with Crippen molar-refractivity contribution in [1.29, 1.82) is 0 Å². The summed E-state index contributed by atoms with van der Waals surface area (Å²) in [6, 6.07) is 7.09. The molecule has 0 unspecified atom stereocenters. The van der Waals surface area contributed by atoms with Crippen molar-refractivity contribution in [3.05, 3.63) is 57.8 Å². The molecule has 1 heterocycles. The van der Waals surface area contributed by atoms with Gasteiger partial charge in [-0.3, -0.25) is 9.59 Å². The smallest absolute Gasteiger partial charge is 0.276 e. The van der Waals surface area contributed by atoms with E-state index in [9.17, 15) is 14.0 Å². The summed E-state index contributed by atoms with van der Waals surface area (Å²) in [5.74, 6) is -1.06. The summed E-state index contributed by atoms with van der Waals surface area (Å²) >= 11 is 0. The average Bonchev–Trinajstić information content (AvgIpc) is 2.50. The lowest BCUT2D eigenvalue weighted by Gasteiger charge is -2.08. The van der Waals surface area contributed by atoms with E-state index < -0.39 is 11.7 Å². The molecule has 2 rings (SSSR count). The van der Waals surface area contributed by atoms with Crippen molar-refractivity contribution in [2.75, 3.05) is 5.32 Å². The molecule has 6 heteroatoms. The van der Waals surface area contributed by atoms with Crippen molar-refractivity contribution in [2.45, 2.75) is 33.2 Å². The fourth-order valence-corrected chi connectivity index (χ4v) is 1.96. The van der Waals surface area contributed by atoms with E-state index in [4.69, 9.17) is 0 Å². The van der Waals surface area contributed by atoms with Crippen LogP contribution in [-0.2, 0) is 6.54 Å². The van der Waals surface area contributed by atoms with Gasteiger partial charge in [-0.1, -0.05) is 19.4 Å². The number of benzene rings is 1. The second-order valence-corrected chi connectivity index (χ2v) is 5.07. The molecule has 1 aromatic carbocycles. The molecule has 5 nitrogen and oxygen atoms in total. The number of carbonyl (C=O) groups is 1. The molecule has 0 radical (unpaired) electrons. The van der Waals surface area contributed by atoms with E-state index in [2.05, 4.69) is 10.4 Å². The van der Waals surface area contributed by atoms with Gasteiger partial charge in [0.25, 0.3) is 11.5 Å². The second kappa shape index (κ2) is 6.98. The van der Waals surface area contributed by atoms with Crippen LogP contribution >= 0.6 is 0 Å². The molecule has 0 spiro atoms. The minimum atomic E-state index is -0.547. The first-order chi connectivity index (χ1) is 10.5. The molecule has 1 amide bonds. The van der Waals surface area contributed by atoms with Crippen LogP contribution in [0.4, 0.5) is 10.1 Å². The molecule has 0 aliphatic rings. The topological polar surface area (TPSA) is 64.0 Å². The van der Waals surface area contributed by atoms with Gasteiger partial charge in [0.2, 0.25) is 0 Å². The van der Waals surface area contributed by atoms with Crippen LogP contribution in [-0.4, -0.2) is 15.7 Å². The predicted octanol–water partition coefficient (Wildman–Crippen LogP) is 2.74. The van der Waals surface area contributed by atoms with Crippen LogP contribution in [0.15, 0.2) is 35.1 Å². The molecule has 0 aliphatic heterocycles. The largest absolute Gasteiger partial charge is 0.318 e. The SMILES string of the molecule is CCCCn1nc(C(=O)Nc2cc(C)ccc2F)ccc1=O. The van der Waals surface area contributed by atoms with E-state index in [1.807, 2.05) is 6.92 Å². The number of amides is 1. The minimum Gasteiger partial charge on any atom is -0.318 e. The Morgan fingerprint density at radius 1 is 1.32 bits per heavy atom. The number of aryl methyl sites for hydroxylation is 2. The third kappa shape index (κ3) is 3.78. The van der Waals surface area contributed by atoms with Crippen LogP contribution in [0.3, 0.4) is 0 Å². The second-order valence-electron chi connectivity index (χ2n) is 5.07. The molecule has 0 saturated heterocycles. The highest BCUT2D eigenvalue weighted by molar-refractivity contribution is 6.02. The van der Waals surface area contributed by atoms with Crippen LogP contribution in [0.5, 0.6) is 0 Å². The fraction of sp³-hybridized carbons (Fsp3) is 0.312. The summed E-state index contributed by atoms with van der Waals surface area (Å²) in [5, 5.41) is 6.51. The summed E-state index contributed by atoms with van der Waals surface area (Å²) in [6.45, 7) is 4.26. The maximum atomic E-state index is 13.7. The molecule has 2 aromatic rings. The summed E-state index contributed by atoms with van der Waals surface area (Å²) in [6.07, 6.45) is 1.71. The van der Waals surface area contributed by atoms with Gasteiger partial charge >= 0.3 is 0 Å². The van der Waals surface area contributed by atoms with Gasteiger partial charge in [-0.05, 0) is 37.1 Å². The summed E-state index contributed by atoms with van der Waals surface area (Å²) in [7, 11) is 0. The Labute approximate surface area is 127 Å². The number of nitrogens with one attached hydrogen (secondary N) is 1. The highest BCUT2D eigenvalue weighted by Gasteiger charge is 2.12. The van der Waals surface area contributed by atoms with Gasteiger partial charge in [-0.15, -0.1) is 0 Å². The molecule has 0 aliphatic carbocycles. The normalized spacial score (nSPS) is 10.5. The quantitative estimate of drug-likeness (QED) is 0.923. The maximum absolute atomic E-state index is 13.7. The minimum absolute atomic E-state index is 0.0802. The summed E-state index contributed by atoms with van der Waals surface area (Å²) in [4.78, 5) is 23.8. The van der Waals surface area contributed by atoms with E-state index in [1.54, 1.807) is 19.1 Å². The van der Waals surface area contributed by atoms with Crippen molar-refractivity contribution in [2.24, 2.45) is 0 Å². The van der Waals surface area contributed by atoms with E-state index in [0.717, 1.165) is 18.4 Å². The van der Waals surface area contributed by atoms with Gasteiger partial charge in [-0.2, -0.15) is 5.10 Å². The number of carbonyl (C=O) groups excluding carboxylic acids is 1. The molecule has 22 heavy (non-hydrogen) atoms. The number of hydrogen-bond acceptors (Lipinski definition) is 3. The number of hydrogen-bond donors (Lipinski definition) is 1. The molecule has 0 saturated carbocycles. The number of anilines is 1. The van der Waals surface area contributed by atoms with Gasteiger partial charge in [0.1, 0.15) is 11.5 Å². The molecular formula is C16H18FN3O2. The monoisotopic (exact) mass is 303 g/mol. The Morgan fingerprint density at radius 2 is 2.09 bits per heavy atom. The number of nitrogens with zero attached hydrogens (tertiary/aromatic N) is 2. The van der Waals surface area contributed by atoms with Gasteiger partial charge in [0.05, 0.1) is 5.69 Å². The fourth-order valence-electron chi connectivity index (χ4n) is 1.96. The summed E-state index contributed by atoms with van der Waals surface area (Å²) in [5.41, 5.74) is 0.749. The molecular weight excluding hydrogens is 285 g/mol. The Kier molecular flexibility index (Phi) is 5.04. The van der Waals surface area contributed by atoms with E-state index in [0.29, 0.717) is 6.54 Å². The first-order valence-electron chi connectivity index (χ1n) is 7.17. The van der Waals surface area contributed by atoms with Gasteiger partial charge in [-0.25, -0.2) is 9.07 Å². The van der Waals surface area contributed by atoms with Crippen molar-refractivity contribution in [3.8, 4) is 0 Å². The molecule has 1 aromatic heterocycles. The molecule has 0 bridgehead atoms. The van der Waals surface area contributed by atoms with Crippen molar-refractivity contribution < 1.29 is 9.18 Å². The van der Waals surface area contributed by atoms with Gasteiger partial charge < -0.3 is 5.32 Å². The molecule has 0 atom stereocenters. The van der Waals surface area contributed by atoms with Gasteiger partial charge in [0.15, 0.2) is 0 Å². The zero-order valence-electron chi connectivity index (χ0n) is 12.6. The Balaban J connectivity index is 2.22. The van der Waals surface area contributed by atoms with Crippen LogP contribution in [0.2, 0.25) is 0 Å². The van der Waals surface area contributed by atoms with Crippen LogP contribution in [0, 0.1) is 12.7 Å². The zero-order valence-corrected chi connectivity index (χ0v) is 12.6. The lowest BCUT2D eigenvalue weighted by molar-refractivity contribution is 0.101. The first kappa shape index (κ1) is 15.9. The Bertz CT molecular complexity index is 740. The number of unbranched alkanes of at least 4 members (excludes halogenated alkanes) is 1. The van der Waals surface area contributed by atoms with E-state index in [1.165, 1.54) is 22.9 Å². The number of rotatable bonds is 5. The third-order valence-electron chi connectivity index (χ3n) is 3.19. The number of aromatic nitrogens is 2. The van der Waals surface area contributed by atoms with Crippen LogP contribution < -0.4 is 10.9 Å². The van der Waals surface area contributed by atoms with Crippen LogP contribution in [0.25, 0.3) is 0 Å². The van der Waals surface area contributed by atoms with Crippen LogP contribution in [0.1, 0.15) is 35.8 Å². The predicted molar refractivity (Wildman–Crippen MR) is 82.5 cm³/mol. The third-order valence-corrected chi connectivity index (χ3v) is 3.19. The highest BCUT2D eigenvalue weighted by Crippen LogP contribution is 2.16. The van der Waals surface area contributed by atoms with Crippen molar-refractivity contribution in [3.63, 3.8) is 0 Å². The average molecular weight is 303 g/mol. The Hall–Kier alpha value is -2.50. The standard InChI is InChI=1S/C16H18FN3O2/c1-3-4-9-20-15(21)8-7-13(19-20)16(22)18-14-10-11(2)5-6-12(14)17/h5-8,10H,3-4,9H2,1-2H3,(H,18,22). The van der Waals surface area contributed by atoms with E-state index in [-0.39, 0.29) is 16.9 Å². The lowest BCUT2D eigenvalue weighted by atomic mass is 10.2. The van der Waals surface area contributed by atoms with Crippen molar-refractivity contribution >= 4 is 11.6 Å². The molecule has 1 N–H and O–H groups in total. The number of halogens is 1. The summed E-state index contributed by atoms with van der Waals surface area (Å²) < 4.78 is 14.9. The lowest BCUT2D eigenvalue weighted by Crippen LogP contribution is -2.26. The Morgan fingerprint density at radius 3 is 2.82 bits per heavy atom. The van der Waals surface area contributed by atoms with Crippen molar-refractivity contribution in [1.82, 2.24) is 9.78 Å². The maximum Gasteiger partial charge on any atom is 0.276 e. The molecule has 116 valence electrons. The van der Waals surface area contributed by atoms with Gasteiger partial charge in [0, 0.05) is 12.6 Å². The highest BCUT2D eigenvalue weighted by atomic mass is 19.1. The zero-order chi connectivity index (χ0) is 16.1. The van der Waals surface area contributed by atoms with E-state index >= 15 is 0 Å².